The van der Waals surface area contributed by atoms with Crippen molar-refractivity contribution in [3.63, 3.8) is 0 Å². The molecule has 132 valence electrons. The third-order valence-corrected chi connectivity index (χ3v) is 4.00. The second-order valence-electron chi connectivity index (χ2n) is 6.52. The molecule has 0 spiro atoms. The number of benzene rings is 1. The largest absolute Gasteiger partial charge is 0.357 e. The fraction of sp³-hybridized carbons (Fsp3) is 0.579. The van der Waals surface area contributed by atoms with Gasteiger partial charge in [0.15, 0.2) is 5.96 Å². The molecule has 0 unspecified atom stereocenters. The van der Waals surface area contributed by atoms with Gasteiger partial charge in [0.2, 0.25) is 5.91 Å². The third-order valence-electron chi connectivity index (χ3n) is 4.00. The maximum atomic E-state index is 11.7. The van der Waals surface area contributed by atoms with Gasteiger partial charge in [0.25, 0.3) is 0 Å². The zero-order valence-corrected chi connectivity index (χ0v) is 15.1. The number of nitrogens with zero attached hydrogens (tertiary/aromatic N) is 2. The summed E-state index contributed by atoms with van der Waals surface area (Å²) in [6, 6.07) is 9.01. The summed E-state index contributed by atoms with van der Waals surface area (Å²) < 4.78 is 0. The number of hydrogen-bond acceptors (Lipinski definition) is 2. The smallest absolute Gasteiger partial charge is 0.220 e. The predicted molar refractivity (Wildman–Crippen MR) is 99.0 cm³/mol. The van der Waals surface area contributed by atoms with Crippen LogP contribution in [0.4, 0.5) is 0 Å². The van der Waals surface area contributed by atoms with E-state index in [4.69, 9.17) is 0 Å². The van der Waals surface area contributed by atoms with Crippen molar-refractivity contribution in [2.24, 2.45) is 4.99 Å². The standard InChI is InChI=1S/C19H30N4O/c1-4-20-19(21-13-5-6-18(24)22-17-11-12-17)23(3)14-16-9-7-15(2)8-10-16/h7-10,17H,4-6,11-14H2,1-3H3,(H,20,21)(H,22,24). The van der Waals surface area contributed by atoms with Crippen LogP contribution in [0.1, 0.15) is 43.7 Å². The fourth-order valence-electron chi connectivity index (χ4n) is 2.46. The summed E-state index contributed by atoms with van der Waals surface area (Å²) in [5.41, 5.74) is 2.53. The molecule has 1 fully saturated rings. The van der Waals surface area contributed by atoms with Gasteiger partial charge in [-0.25, -0.2) is 0 Å². The van der Waals surface area contributed by atoms with Crippen molar-refractivity contribution in [1.82, 2.24) is 15.5 Å². The Morgan fingerprint density at radius 2 is 2.00 bits per heavy atom. The summed E-state index contributed by atoms with van der Waals surface area (Å²) >= 11 is 0. The van der Waals surface area contributed by atoms with Gasteiger partial charge in [0, 0.05) is 39.1 Å². The lowest BCUT2D eigenvalue weighted by Crippen LogP contribution is -2.38. The summed E-state index contributed by atoms with van der Waals surface area (Å²) in [5, 5.41) is 6.33. The number of aryl methyl sites for hydroxylation is 1. The van der Waals surface area contributed by atoms with E-state index < -0.39 is 0 Å². The molecule has 1 aliphatic carbocycles. The first-order valence-corrected chi connectivity index (χ1v) is 8.93. The van der Waals surface area contributed by atoms with Crippen LogP contribution in [0.2, 0.25) is 0 Å². The van der Waals surface area contributed by atoms with Crippen LogP contribution < -0.4 is 10.6 Å². The molecule has 2 N–H and O–H groups in total. The molecule has 0 atom stereocenters. The van der Waals surface area contributed by atoms with Gasteiger partial charge in [-0.05, 0) is 38.7 Å². The lowest BCUT2D eigenvalue weighted by molar-refractivity contribution is -0.121. The van der Waals surface area contributed by atoms with Crippen molar-refractivity contribution < 1.29 is 4.79 Å². The van der Waals surface area contributed by atoms with Gasteiger partial charge >= 0.3 is 0 Å². The lowest BCUT2D eigenvalue weighted by Gasteiger charge is -2.22. The molecular formula is C19H30N4O. The lowest BCUT2D eigenvalue weighted by atomic mass is 10.1. The molecule has 0 aliphatic heterocycles. The van der Waals surface area contributed by atoms with E-state index in [1.807, 2.05) is 7.05 Å². The highest BCUT2D eigenvalue weighted by atomic mass is 16.1. The van der Waals surface area contributed by atoms with Crippen LogP contribution in [0, 0.1) is 6.92 Å². The predicted octanol–water partition coefficient (Wildman–Crippen LogP) is 2.45. The maximum Gasteiger partial charge on any atom is 0.220 e. The van der Waals surface area contributed by atoms with E-state index in [2.05, 4.69) is 58.6 Å². The van der Waals surface area contributed by atoms with Crippen molar-refractivity contribution in [2.45, 2.75) is 52.1 Å². The van der Waals surface area contributed by atoms with Crippen LogP contribution >= 0.6 is 0 Å². The molecule has 0 aromatic heterocycles. The van der Waals surface area contributed by atoms with Crippen LogP contribution in [0.25, 0.3) is 0 Å². The SMILES string of the molecule is CCNC(=NCCCC(=O)NC1CC1)N(C)Cc1ccc(C)cc1. The Hall–Kier alpha value is -2.04. The van der Waals surface area contributed by atoms with Crippen LogP contribution in [0.15, 0.2) is 29.3 Å². The molecule has 1 aliphatic rings. The number of carbonyl (C=O) groups excluding carboxylic acids is 1. The molecule has 0 heterocycles. The maximum absolute atomic E-state index is 11.7. The number of rotatable bonds is 8. The number of hydrogen-bond donors (Lipinski definition) is 2. The number of nitrogens with one attached hydrogen (secondary N) is 2. The Balaban J connectivity index is 1.79. The van der Waals surface area contributed by atoms with E-state index in [1.165, 1.54) is 11.1 Å². The van der Waals surface area contributed by atoms with Crippen LogP contribution in [-0.4, -0.2) is 42.9 Å². The van der Waals surface area contributed by atoms with Gasteiger partial charge in [-0.3, -0.25) is 9.79 Å². The second-order valence-corrected chi connectivity index (χ2v) is 6.52. The van der Waals surface area contributed by atoms with Crippen molar-refractivity contribution in [2.75, 3.05) is 20.1 Å². The molecule has 1 aromatic carbocycles. The van der Waals surface area contributed by atoms with Crippen molar-refractivity contribution in [3.05, 3.63) is 35.4 Å². The van der Waals surface area contributed by atoms with Crippen molar-refractivity contribution in [3.8, 4) is 0 Å². The Labute approximate surface area is 145 Å². The van der Waals surface area contributed by atoms with Crippen molar-refractivity contribution >= 4 is 11.9 Å². The second kappa shape index (κ2) is 9.30. The molecular weight excluding hydrogens is 300 g/mol. The normalized spacial score (nSPS) is 14.4. The summed E-state index contributed by atoms with van der Waals surface area (Å²) in [5.74, 6) is 1.05. The molecule has 1 aromatic rings. The fourth-order valence-corrected chi connectivity index (χ4v) is 2.46. The highest BCUT2D eigenvalue weighted by molar-refractivity contribution is 5.80. The van der Waals surface area contributed by atoms with Crippen LogP contribution in [0.5, 0.6) is 0 Å². The summed E-state index contributed by atoms with van der Waals surface area (Å²) in [7, 11) is 2.04. The Kier molecular flexibility index (Phi) is 7.09. The topological polar surface area (TPSA) is 56.7 Å². The number of guanidine groups is 1. The third kappa shape index (κ3) is 6.60. The number of amides is 1. The zero-order valence-electron chi connectivity index (χ0n) is 15.1. The Morgan fingerprint density at radius 3 is 2.62 bits per heavy atom. The van der Waals surface area contributed by atoms with Crippen molar-refractivity contribution in [1.29, 1.82) is 0 Å². The van der Waals surface area contributed by atoms with E-state index in [0.29, 0.717) is 19.0 Å². The summed E-state index contributed by atoms with van der Waals surface area (Å²) in [6.45, 7) is 6.48. The minimum atomic E-state index is 0.158. The first-order chi connectivity index (χ1) is 11.6. The van der Waals surface area contributed by atoms with Gasteiger partial charge in [0.1, 0.15) is 0 Å². The van der Waals surface area contributed by atoms with Gasteiger partial charge in [0.05, 0.1) is 0 Å². The average Bonchev–Trinajstić information content (AvgIpc) is 3.36. The first kappa shape index (κ1) is 18.3. The molecule has 1 amide bonds. The van der Waals surface area contributed by atoms with E-state index in [-0.39, 0.29) is 5.91 Å². The first-order valence-electron chi connectivity index (χ1n) is 8.93. The van der Waals surface area contributed by atoms with E-state index in [9.17, 15) is 4.79 Å². The summed E-state index contributed by atoms with van der Waals surface area (Å²) in [4.78, 5) is 18.4. The van der Waals surface area contributed by atoms with E-state index >= 15 is 0 Å². The Morgan fingerprint density at radius 1 is 1.29 bits per heavy atom. The van der Waals surface area contributed by atoms with Gasteiger partial charge in [-0.1, -0.05) is 29.8 Å². The molecule has 24 heavy (non-hydrogen) atoms. The van der Waals surface area contributed by atoms with Gasteiger partial charge in [-0.2, -0.15) is 0 Å². The highest BCUT2D eigenvalue weighted by Gasteiger charge is 2.22. The Bertz CT molecular complexity index is 549. The monoisotopic (exact) mass is 330 g/mol. The quantitative estimate of drug-likeness (QED) is 0.437. The van der Waals surface area contributed by atoms with Gasteiger partial charge < -0.3 is 15.5 Å². The minimum absolute atomic E-state index is 0.158. The number of carbonyl (C=O) groups is 1. The molecule has 5 nitrogen and oxygen atoms in total. The van der Waals surface area contributed by atoms with E-state index in [1.54, 1.807) is 0 Å². The molecule has 2 rings (SSSR count). The van der Waals surface area contributed by atoms with E-state index in [0.717, 1.165) is 38.3 Å². The number of aliphatic imine (C=N–C) groups is 1. The minimum Gasteiger partial charge on any atom is -0.357 e. The van der Waals surface area contributed by atoms with Crippen LogP contribution in [-0.2, 0) is 11.3 Å². The van der Waals surface area contributed by atoms with Gasteiger partial charge in [-0.15, -0.1) is 0 Å². The average molecular weight is 330 g/mol. The molecule has 5 heteroatoms. The van der Waals surface area contributed by atoms with Crippen LogP contribution in [0.3, 0.4) is 0 Å². The highest BCUT2D eigenvalue weighted by Crippen LogP contribution is 2.18. The molecule has 0 saturated heterocycles. The molecule has 1 saturated carbocycles. The molecule has 0 bridgehead atoms. The zero-order chi connectivity index (χ0) is 17.4. The molecule has 0 radical (unpaired) electrons. The summed E-state index contributed by atoms with van der Waals surface area (Å²) in [6.07, 6.45) is 3.61.